The van der Waals surface area contributed by atoms with Crippen molar-refractivity contribution in [3.05, 3.63) is 35.9 Å². The van der Waals surface area contributed by atoms with Gasteiger partial charge in [-0.15, -0.1) is 0 Å². The highest BCUT2D eigenvalue weighted by atomic mass is 33.1. The SMILES string of the molecule is CC[C@H](C)[C@@H]1NC(=O)[C@@H](CCCN=C(N)N)NC(=O)CNC(=O)CNC(=O)[C@@H](C2CCCCC2)NC(=O)[C@H](NC(=O)[C@@H](CO)NC(=O)[C@H](N)CO)CSSC[C@H](C(=O)O)NC(=O)[C@@H](CCCN=C(N)N)NC(=O)[C@H](Cc2ccccc2)NC(=O)[C@@H]([C@@H](C)CC)NC(=O)[C@H](CCCN=C(N)N)NC(=O)[C@@H](CC(=O)O)NC1=O. The average Bonchev–Trinajstić information content (AvgIpc) is 0.844. The number of carboxylic acid groups (broad SMARTS) is 2. The van der Waals surface area contributed by atoms with Crippen molar-refractivity contribution in [2.75, 3.05) is 57.4 Å². The van der Waals surface area contributed by atoms with Gasteiger partial charge in [-0.3, -0.25) is 82.1 Å². The predicted molar refractivity (Wildman–Crippen MR) is 410 cm³/mol. The number of aliphatic hydroxyl groups excluding tert-OH is 2. The molecule has 0 bridgehead atoms. The molecule has 1 heterocycles. The topological polar surface area (TPSA) is 713 Å². The van der Waals surface area contributed by atoms with Crippen LogP contribution < -0.4 is 109 Å². The van der Waals surface area contributed by atoms with Crippen molar-refractivity contribution in [1.82, 2.24) is 69.1 Å². The van der Waals surface area contributed by atoms with Gasteiger partial charge in [0, 0.05) is 37.6 Å². The van der Waals surface area contributed by atoms with E-state index in [1.165, 1.54) is 0 Å². The summed E-state index contributed by atoms with van der Waals surface area (Å²) < 4.78 is 0. The summed E-state index contributed by atoms with van der Waals surface area (Å²) in [6.07, 6.45) is 1.04. The van der Waals surface area contributed by atoms with Crippen LogP contribution in [-0.4, -0.2) is 257 Å². The van der Waals surface area contributed by atoms with Crippen LogP contribution in [0, 0.1) is 17.8 Å². The van der Waals surface area contributed by atoms with Crippen LogP contribution in [0.4, 0.5) is 0 Å². The Morgan fingerprint density at radius 2 is 0.982 bits per heavy atom. The van der Waals surface area contributed by atoms with Gasteiger partial charge in [0.25, 0.3) is 0 Å². The first-order valence-corrected chi connectivity index (χ1v) is 38.9. The molecule has 42 nitrogen and oxygen atoms in total. The molecule has 620 valence electrons. The Balaban J connectivity index is 2.30. The van der Waals surface area contributed by atoms with Gasteiger partial charge in [0.2, 0.25) is 76.8 Å². The Hall–Kier alpha value is -10.3. The Labute approximate surface area is 649 Å². The Bertz CT molecular complexity index is 3400. The van der Waals surface area contributed by atoms with E-state index in [1.807, 2.05) is 0 Å². The smallest absolute Gasteiger partial charge is 0.327 e. The predicted octanol–water partition coefficient (Wildman–Crippen LogP) is -8.11. The van der Waals surface area contributed by atoms with E-state index in [9.17, 15) is 92.3 Å². The van der Waals surface area contributed by atoms with Gasteiger partial charge in [0.05, 0.1) is 32.7 Å². The third-order valence-corrected chi connectivity index (χ3v) is 20.4. The van der Waals surface area contributed by atoms with Crippen LogP contribution in [-0.2, 0) is 78.3 Å². The summed E-state index contributed by atoms with van der Waals surface area (Å²) in [5.41, 5.74) is 39.5. The number of nitrogens with one attached hydrogen (secondary N) is 13. The van der Waals surface area contributed by atoms with Gasteiger partial charge in [-0.2, -0.15) is 0 Å². The number of aliphatic hydroxyl groups is 2. The first-order valence-electron chi connectivity index (χ1n) is 36.4. The van der Waals surface area contributed by atoms with E-state index >= 15 is 0 Å². The fourth-order valence-electron chi connectivity index (χ4n) is 11.3. The molecule has 111 heavy (non-hydrogen) atoms. The van der Waals surface area contributed by atoms with Crippen LogP contribution in [0.5, 0.6) is 0 Å². The number of aliphatic carboxylic acids is 2. The molecular formula is C67H111N23O19S2. The van der Waals surface area contributed by atoms with Crippen molar-refractivity contribution in [2.45, 2.75) is 197 Å². The maximum Gasteiger partial charge on any atom is 0.327 e. The molecule has 1 aromatic carbocycles. The molecule has 2 fully saturated rings. The first kappa shape index (κ1) is 94.9. The molecule has 0 aromatic heterocycles. The largest absolute Gasteiger partial charge is 0.481 e. The molecule has 1 saturated carbocycles. The van der Waals surface area contributed by atoms with Crippen LogP contribution in [0.3, 0.4) is 0 Å². The van der Waals surface area contributed by atoms with Gasteiger partial charge in [-0.05, 0) is 74.7 Å². The first-order chi connectivity index (χ1) is 52.6. The Morgan fingerprint density at radius 3 is 1.46 bits per heavy atom. The van der Waals surface area contributed by atoms with E-state index in [2.05, 4.69) is 84.1 Å². The molecule has 0 radical (unpaired) electrons. The zero-order valence-electron chi connectivity index (χ0n) is 62.6. The minimum atomic E-state index is -1.98. The molecule has 2 aliphatic rings. The lowest BCUT2D eigenvalue weighted by Crippen LogP contribution is -2.62. The lowest BCUT2D eigenvalue weighted by molar-refractivity contribution is -0.142. The van der Waals surface area contributed by atoms with E-state index in [0.717, 1.165) is 28.0 Å². The number of carbonyl (C=O) groups is 15. The molecule has 31 N–H and O–H groups in total. The summed E-state index contributed by atoms with van der Waals surface area (Å²) in [4.78, 5) is 222. The second kappa shape index (κ2) is 50.5. The van der Waals surface area contributed by atoms with Crippen LogP contribution in [0.1, 0.15) is 123 Å². The number of carbonyl (C=O) groups excluding carboxylic acids is 13. The zero-order chi connectivity index (χ0) is 82.9. The zero-order valence-corrected chi connectivity index (χ0v) is 64.3. The third kappa shape index (κ3) is 35.5. The van der Waals surface area contributed by atoms with Gasteiger partial charge < -0.3 is 130 Å². The minimum Gasteiger partial charge on any atom is -0.481 e. The summed E-state index contributed by atoms with van der Waals surface area (Å²) in [6.45, 7) is 2.66. The fourth-order valence-corrected chi connectivity index (χ4v) is 13.6. The normalized spacial score (nSPS) is 23.9. The average molecular weight is 1610 g/mol. The number of carboxylic acids is 2. The Kier molecular flexibility index (Phi) is 43.1. The number of nitrogens with two attached hydrogens (primary N) is 7. The quantitative estimate of drug-likeness (QED) is 0.0160. The molecule has 1 saturated heterocycles. The highest BCUT2D eigenvalue weighted by molar-refractivity contribution is 8.76. The highest BCUT2D eigenvalue weighted by Gasteiger charge is 2.40. The number of aliphatic imine (C=N–C) groups is 3. The lowest BCUT2D eigenvalue weighted by atomic mass is 9.83. The number of nitrogens with zero attached hydrogens (tertiary/aromatic N) is 3. The van der Waals surface area contributed by atoms with Crippen LogP contribution in [0.25, 0.3) is 0 Å². The summed E-state index contributed by atoms with van der Waals surface area (Å²) in [7, 11) is 1.56. The van der Waals surface area contributed by atoms with Crippen molar-refractivity contribution in [2.24, 2.45) is 72.9 Å². The van der Waals surface area contributed by atoms with Gasteiger partial charge in [0.15, 0.2) is 17.9 Å². The highest BCUT2D eigenvalue weighted by Crippen LogP contribution is 2.28. The number of hydrogen-bond acceptors (Lipinski definition) is 23. The third-order valence-electron chi connectivity index (χ3n) is 18.0. The molecule has 0 spiro atoms. The second-order valence-electron chi connectivity index (χ2n) is 26.7. The van der Waals surface area contributed by atoms with Gasteiger partial charge in [-0.1, -0.05) is 112 Å². The number of guanidine groups is 3. The van der Waals surface area contributed by atoms with E-state index in [1.54, 1.807) is 58.0 Å². The van der Waals surface area contributed by atoms with E-state index in [0.29, 0.717) is 31.2 Å². The fraction of sp³-hybridized carbons (Fsp3) is 0.642. The summed E-state index contributed by atoms with van der Waals surface area (Å²) in [6, 6.07) is -11.3. The second-order valence-corrected chi connectivity index (χ2v) is 29.2. The van der Waals surface area contributed by atoms with Gasteiger partial charge in [-0.25, -0.2) is 4.79 Å². The van der Waals surface area contributed by atoms with Crippen molar-refractivity contribution >= 4 is 128 Å². The van der Waals surface area contributed by atoms with Gasteiger partial charge >= 0.3 is 11.9 Å². The molecule has 3 rings (SSSR count). The number of benzene rings is 1. The number of rotatable bonds is 28. The Morgan fingerprint density at radius 1 is 0.523 bits per heavy atom. The van der Waals surface area contributed by atoms with Crippen molar-refractivity contribution < 1.29 is 92.3 Å². The van der Waals surface area contributed by atoms with Crippen molar-refractivity contribution in [3.8, 4) is 0 Å². The molecule has 0 unspecified atom stereocenters. The number of amides is 13. The van der Waals surface area contributed by atoms with E-state index in [-0.39, 0.29) is 95.3 Å². The molecule has 13 amide bonds. The standard InChI is InChI=1S/C67H111N23O19S2/c1-5-34(3)50-62(106)83-42(26-36-16-9-7-10-17-36)57(101)81-40(21-14-24-76-66(71)72)54(98)87-46(64(108)109)33-111-110-32-45(86-59(103)44(31-92)85-53(97)38(68)30-91)60(104)90-52(37-18-11-8-12-19-37)61(105)79-28-47(93)78-29-48(94)80-39(20-13-23-75-65(69)70)55(99)88-51(35(4)6-2)63(107)84-43(27-49(95)96)58(102)82-41(56(100)89-50)22-15-25-77-67(73)74/h7,9-10,16-17,34-35,37-46,50-52,91-92H,5-6,8,11-15,18-33,68H2,1-4H3,(H,78,93)(H,79,105)(H,80,94)(H,81,101)(H,82,102)(H,83,106)(H,84,107)(H,85,97)(H,86,103)(H,87,98)(H,88,99)(H,89,100)(H,90,104)(H,95,96)(H,108,109)(H4,69,70,75)(H4,71,72,76)(H4,73,74,77)/t34-,35-,38+,39+,40+,41-,42-,43+,44+,45+,46+,50+,51-,52+/m0/s1. The molecule has 1 aromatic rings. The molecule has 14 atom stereocenters. The van der Waals surface area contributed by atoms with E-state index in [4.69, 9.17) is 40.1 Å². The monoisotopic (exact) mass is 1610 g/mol. The van der Waals surface area contributed by atoms with Crippen LogP contribution in [0.2, 0.25) is 0 Å². The molecule has 1 aliphatic heterocycles. The minimum absolute atomic E-state index is 0.00592. The summed E-state index contributed by atoms with van der Waals surface area (Å²) in [5, 5.41) is 72.7. The van der Waals surface area contributed by atoms with E-state index < -0.39 is 223 Å². The molecular weight excluding hydrogens is 1500 g/mol. The molecule has 44 heteroatoms. The maximum atomic E-state index is 14.9. The number of hydrogen-bond donors (Lipinski definition) is 24. The van der Waals surface area contributed by atoms with Gasteiger partial charge in [0.1, 0.15) is 72.5 Å². The van der Waals surface area contributed by atoms with Crippen molar-refractivity contribution in [1.29, 1.82) is 0 Å². The molecule has 1 aliphatic carbocycles. The van der Waals surface area contributed by atoms with Crippen LogP contribution >= 0.6 is 21.6 Å². The van der Waals surface area contributed by atoms with Crippen LogP contribution in [0.15, 0.2) is 45.3 Å². The van der Waals surface area contributed by atoms with Crippen molar-refractivity contribution in [3.63, 3.8) is 0 Å². The maximum absolute atomic E-state index is 14.9. The summed E-state index contributed by atoms with van der Waals surface area (Å²) >= 11 is 0. The summed E-state index contributed by atoms with van der Waals surface area (Å²) in [5.74, 6) is -20.6. The lowest BCUT2D eigenvalue weighted by Gasteiger charge is -2.31.